The van der Waals surface area contributed by atoms with Gasteiger partial charge in [-0.3, -0.25) is 4.18 Å². The van der Waals surface area contributed by atoms with Crippen LogP contribution in [0.4, 0.5) is 9.59 Å². The summed E-state index contributed by atoms with van der Waals surface area (Å²) in [4.78, 5) is 25.3. The molecule has 0 bridgehead atoms. The maximum Gasteiger partial charge on any atom is 0.429 e. The summed E-state index contributed by atoms with van der Waals surface area (Å²) >= 11 is 0. The highest BCUT2D eigenvalue weighted by Gasteiger charge is 2.42. The minimum absolute atomic E-state index is 0.0642. The zero-order valence-electron chi connectivity index (χ0n) is 19.3. The fraction of sp³-hybridized carbons (Fsp3) is 0.895. The van der Waals surface area contributed by atoms with Gasteiger partial charge in [-0.05, 0) is 34.1 Å². The molecule has 3 atom stereocenters. The quantitative estimate of drug-likeness (QED) is 0.390. The molecule has 2 N–H and O–H groups in total. The van der Waals surface area contributed by atoms with E-state index < -0.39 is 52.9 Å². The van der Waals surface area contributed by atoms with Crippen molar-refractivity contribution in [1.82, 2.24) is 15.2 Å². The Labute approximate surface area is 185 Å². The zero-order valence-corrected chi connectivity index (χ0v) is 20.1. The molecule has 182 valence electrons. The second-order valence-corrected chi connectivity index (χ2v) is 9.29. The highest BCUT2D eigenvalue weighted by atomic mass is 32.2. The minimum atomic E-state index is -4.07. The highest BCUT2D eigenvalue weighted by molar-refractivity contribution is 7.84. The maximum absolute atomic E-state index is 12.9. The summed E-state index contributed by atoms with van der Waals surface area (Å²) in [5.74, 6) is 0. The van der Waals surface area contributed by atoms with Crippen LogP contribution in [0.1, 0.15) is 66.7 Å². The predicted octanol–water partition coefficient (Wildman–Crippen LogP) is 2.47. The van der Waals surface area contributed by atoms with Crippen LogP contribution in [0, 0.1) is 0 Å². The summed E-state index contributed by atoms with van der Waals surface area (Å²) in [6, 6.07) is -1.69. The molecule has 31 heavy (non-hydrogen) atoms. The predicted molar refractivity (Wildman–Crippen MR) is 113 cm³/mol. The summed E-state index contributed by atoms with van der Waals surface area (Å²) in [7, 11) is -2.61. The average Bonchev–Trinajstić information content (AvgIpc) is 2.80. The summed E-state index contributed by atoms with van der Waals surface area (Å²) in [5.41, 5.74) is 2.44. The third kappa shape index (κ3) is 9.58. The van der Waals surface area contributed by atoms with Crippen molar-refractivity contribution in [2.45, 2.75) is 97.1 Å². The monoisotopic (exact) mass is 467 g/mol. The molecule has 1 aliphatic heterocycles. The fourth-order valence-corrected chi connectivity index (χ4v) is 4.28. The number of carbonyl (C=O) groups is 2. The van der Waals surface area contributed by atoms with E-state index in [-0.39, 0.29) is 13.0 Å². The Morgan fingerprint density at radius 2 is 1.81 bits per heavy atom. The number of hydrogen-bond donors (Lipinski definition) is 2. The van der Waals surface area contributed by atoms with Gasteiger partial charge in [0.1, 0.15) is 0 Å². The number of amides is 2. The Morgan fingerprint density at radius 3 is 2.35 bits per heavy atom. The smallest absolute Gasteiger partial charge is 0.429 e. The lowest BCUT2D eigenvalue weighted by Crippen LogP contribution is -2.62. The van der Waals surface area contributed by atoms with Gasteiger partial charge < -0.3 is 14.2 Å². The van der Waals surface area contributed by atoms with Gasteiger partial charge in [-0.1, -0.05) is 26.2 Å². The van der Waals surface area contributed by atoms with Crippen molar-refractivity contribution in [1.29, 1.82) is 0 Å². The first kappa shape index (κ1) is 27.4. The average molecular weight is 468 g/mol. The van der Waals surface area contributed by atoms with Crippen LogP contribution in [-0.4, -0.2) is 69.7 Å². The number of hydrogen-bond acceptors (Lipinski definition) is 8. The summed E-state index contributed by atoms with van der Waals surface area (Å²) in [6.45, 7) is 8.66. The molecule has 1 heterocycles. The minimum Gasteiger partial charge on any atom is -0.446 e. The first-order chi connectivity index (χ1) is 14.5. The molecule has 0 aromatic carbocycles. The number of ether oxygens (including phenoxy) is 3. The van der Waals surface area contributed by atoms with E-state index in [1.54, 1.807) is 27.7 Å². The third-order valence-corrected chi connectivity index (χ3v) is 5.60. The molecule has 1 aliphatic rings. The highest BCUT2D eigenvalue weighted by Crippen LogP contribution is 2.23. The van der Waals surface area contributed by atoms with Gasteiger partial charge >= 0.3 is 22.5 Å². The van der Waals surface area contributed by atoms with Crippen LogP contribution in [0.25, 0.3) is 0 Å². The van der Waals surface area contributed by atoms with Crippen LogP contribution >= 0.6 is 0 Å². The Bertz CT molecular complexity index is 671. The van der Waals surface area contributed by atoms with Crippen LogP contribution < -0.4 is 10.1 Å². The van der Waals surface area contributed by atoms with Crippen LogP contribution in [-0.2, 0) is 28.7 Å². The largest absolute Gasteiger partial charge is 0.446 e. The van der Waals surface area contributed by atoms with Crippen LogP contribution in [0.5, 0.6) is 0 Å². The number of nitrogens with zero attached hydrogens (tertiary/aromatic N) is 1. The lowest BCUT2D eigenvalue weighted by atomic mass is 9.95. The molecule has 0 unspecified atom stereocenters. The van der Waals surface area contributed by atoms with E-state index in [9.17, 15) is 18.0 Å². The molecule has 1 rings (SSSR count). The summed E-state index contributed by atoms with van der Waals surface area (Å²) in [5, 5.41) is 1.00. The van der Waals surface area contributed by atoms with E-state index in [4.69, 9.17) is 18.4 Å². The van der Waals surface area contributed by atoms with Crippen LogP contribution in [0.15, 0.2) is 0 Å². The normalized spacial score (nSPS) is 21.9. The van der Waals surface area contributed by atoms with Gasteiger partial charge in [-0.2, -0.15) is 13.1 Å². The summed E-state index contributed by atoms with van der Waals surface area (Å²) in [6.07, 6.45) is -0.0253. The number of hydrazine groups is 1. The molecule has 2 amide bonds. The molecule has 11 nitrogen and oxygen atoms in total. The molecule has 12 heteroatoms. The molecule has 0 aromatic rings. The first-order valence-corrected chi connectivity index (χ1v) is 12.1. The molecule has 1 saturated heterocycles. The van der Waals surface area contributed by atoms with Gasteiger partial charge in [-0.15, -0.1) is 0 Å². The lowest BCUT2D eigenvalue weighted by Gasteiger charge is -2.38. The maximum atomic E-state index is 12.9. The van der Waals surface area contributed by atoms with Crippen molar-refractivity contribution >= 4 is 22.5 Å². The van der Waals surface area contributed by atoms with Gasteiger partial charge in [0.2, 0.25) is 0 Å². The first-order valence-electron chi connectivity index (χ1n) is 10.7. The Kier molecular flexibility index (Phi) is 11.5. The van der Waals surface area contributed by atoms with Gasteiger partial charge in [-0.25, -0.2) is 20.0 Å². The Balaban J connectivity index is 3.34. The zero-order chi connectivity index (χ0) is 23.6. The van der Waals surface area contributed by atoms with Crippen molar-refractivity contribution in [2.75, 3.05) is 13.7 Å². The van der Waals surface area contributed by atoms with Gasteiger partial charge in [0.05, 0.1) is 37.0 Å². The lowest BCUT2D eigenvalue weighted by molar-refractivity contribution is -0.00459. The van der Waals surface area contributed by atoms with Gasteiger partial charge in [0, 0.05) is 13.5 Å². The SMILES string of the molecule is CCCCC[C@@H]([C@H]1NS(=O)(=O)OCC[C@H]1OC)N(NC(=O)OC(C)C)C(=O)OC(C)C. The number of methoxy groups -OCH3 is 1. The second-order valence-electron chi connectivity index (χ2n) is 7.91. The Morgan fingerprint density at radius 1 is 1.16 bits per heavy atom. The molecule has 0 aromatic heterocycles. The number of unbranched alkanes of at least 4 members (excludes halogenated alkanes) is 2. The van der Waals surface area contributed by atoms with Crippen molar-refractivity contribution < 1.29 is 36.4 Å². The van der Waals surface area contributed by atoms with E-state index in [2.05, 4.69) is 10.1 Å². The second kappa shape index (κ2) is 13.0. The van der Waals surface area contributed by atoms with Crippen molar-refractivity contribution in [3.05, 3.63) is 0 Å². The topological polar surface area (TPSA) is 132 Å². The van der Waals surface area contributed by atoms with Gasteiger partial charge in [0.25, 0.3) is 0 Å². The van der Waals surface area contributed by atoms with E-state index in [1.807, 2.05) is 6.92 Å². The van der Waals surface area contributed by atoms with Crippen LogP contribution in [0.3, 0.4) is 0 Å². The standard InChI is InChI=1S/C19H37N3O8S/c1-7-8-9-10-15(17-16(27-6)11-12-28-31(25,26)21-17)22(19(24)30-14(4)5)20-18(23)29-13(2)3/h13-17,21H,7-12H2,1-6H3,(H,20,23)/t15-,16+,17+/m0/s1. The molecule has 0 spiro atoms. The fourth-order valence-electron chi connectivity index (χ4n) is 3.25. The molecule has 0 radical (unpaired) electrons. The number of rotatable bonds is 9. The van der Waals surface area contributed by atoms with Gasteiger partial charge in [0.15, 0.2) is 0 Å². The van der Waals surface area contributed by atoms with Crippen molar-refractivity contribution in [3.63, 3.8) is 0 Å². The van der Waals surface area contributed by atoms with E-state index in [0.29, 0.717) is 12.8 Å². The van der Waals surface area contributed by atoms with E-state index >= 15 is 0 Å². The van der Waals surface area contributed by atoms with E-state index in [1.165, 1.54) is 7.11 Å². The number of nitrogens with one attached hydrogen (secondary N) is 2. The van der Waals surface area contributed by atoms with Crippen molar-refractivity contribution in [2.24, 2.45) is 0 Å². The molecular weight excluding hydrogens is 430 g/mol. The molecular formula is C19H37N3O8S. The number of carbonyl (C=O) groups excluding carboxylic acids is 2. The van der Waals surface area contributed by atoms with Crippen molar-refractivity contribution in [3.8, 4) is 0 Å². The third-order valence-electron chi connectivity index (χ3n) is 4.56. The van der Waals surface area contributed by atoms with Crippen LogP contribution in [0.2, 0.25) is 0 Å². The molecule has 0 saturated carbocycles. The molecule has 1 fully saturated rings. The van der Waals surface area contributed by atoms with E-state index in [0.717, 1.165) is 17.9 Å². The molecule has 0 aliphatic carbocycles. The Hall–Kier alpha value is -1.63. The summed E-state index contributed by atoms with van der Waals surface area (Å²) < 4.78 is 47.9.